The second kappa shape index (κ2) is 12.8. The van der Waals surface area contributed by atoms with Crippen LogP contribution in [-0.4, -0.2) is 24.1 Å². The Kier molecular flexibility index (Phi) is 7.30. The van der Waals surface area contributed by atoms with Gasteiger partial charge >= 0.3 is 276 Å². The Bertz CT molecular complexity index is 3170. The van der Waals surface area contributed by atoms with Crippen LogP contribution in [0.3, 0.4) is 0 Å². The molecular weight excluding hydrogens is 820 g/mol. The van der Waals surface area contributed by atoms with Crippen molar-refractivity contribution in [3.8, 4) is 11.5 Å². The van der Waals surface area contributed by atoms with Crippen molar-refractivity contribution >= 4 is 69.2 Å². The molecule has 6 aromatic carbocycles. The Labute approximate surface area is 345 Å². The first-order chi connectivity index (χ1) is 28.8. The number of benzene rings is 6. The van der Waals surface area contributed by atoms with E-state index in [1.165, 1.54) is 67.8 Å². The van der Waals surface area contributed by atoms with Gasteiger partial charge in [0.05, 0.1) is 5.52 Å². The number of anilines is 1. The van der Waals surface area contributed by atoms with E-state index in [-0.39, 0.29) is 0 Å². The van der Waals surface area contributed by atoms with Crippen molar-refractivity contribution in [1.29, 1.82) is 0 Å². The second-order valence-electron chi connectivity index (χ2n) is 16.4. The molecule has 3 aromatic heterocycles. The van der Waals surface area contributed by atoms with Gasteiger partial charge in [-0.15, -0.1) is 0 Å². The van der Waals surface area contributed by atoms with E-state index in [1.54, 1.807) is 18.3 Å². The summed E-state index contributed by atoms with van der Waals surface area (Å²) in [6.07, 6.45) is 9.58. The van der Waals surface area contributed by atoms with Crippen LogP contribution in [0.5, 0.6) is 0 Å². The van der Waals surface area contributed by atoms with Gasteiger partial charge < -0.3 is 0 Å². The molecule has 4 aliphatic rings. The number of aromatic nitrogens is 3. The van der Waals surface area contributed by atoms with Gasteiger partial charge in [-0.05, 0) is 18.2 Å². The number of alkyl halides is 1. The molecule has 0 spiro atoms. The SMILES string of the molecule is C1=CC2=C(CC1)C1CC3c4ccccc4I(c4ccccc4)C3CC1N2c1cccc(-n2c3ccccc3c3cc4c5ccccc5n(-c5ccccc5)c4cc32)n1. The van der Waals surface area contributed by atoms with Crippen LogP contribution in [-0.2, 0) is 0 Å². The van der Waals surface area contributed by atoms with E-state index >= 15 is 0 Å². The molecule has 4 atom stereocenters. The van der Waals surface area contributed by atoms with Crippen molar-refractivity contribution in [3.63, 3.8) is 0 Å². The molecule has 13 rings (SSSR count). The van der Waals surface area contributed by atoms with Gasteiger partial charge in [-0.1, -0.05) is 36.4 Å². The van der Waals surface area contributed by atoms with E-state index in [0.29, 0.717) is 21.8 Å². The number of rotatable bonds is 4. The zero-order valence-corrected chi connectivity index (χ0v) is 34.2. The van der Waals surface area contributed by atoms with Gasteiger partial charge in [0, 0.05) is 11.1 Å². The summed E-state index contributed by atoms with van der Waals surface area (Å²) in [6, 6.07) is 61.6. The molecule has 0 amide bonds. The Morgan fingerprint density at radius 2 is 1.21 bits per heavy atom. The van der Waals surface area contributed by atoms with Gasteiger partial charge in [-0.25, -0.2) is 0 Å². The summed E-state index contributed by atoms with van der Waals surface area (Å²) in [5, 5.41) is 5.04. The number of nitrogens with zero attached hydrogens (tertiary/aromatic N) is 4. The molecule has 1 fully saturated rings. The Hall–Kier alpha value is -5.92. The first-order valence-electron chi connectivity index (χ1n) is 20.8. The van der Waals surface area contributed by atoms with Crippen molar-refractivity contribution in [2.75, 3.05) is 4.90 Å². The average Bonchev–Trinajstić information content (AvgIpc) is 4.00. The molecule has 0 saturated heterocycles. The fourth-order valence-electron chi connectivity index (χ4n) is 11.3. The van der Waals surface area contributed by atoms with Gasteiger partial charge in [0.2, 0.25) is 0 Å². The third kappa shape index (κ3) is 4.71. The predicted molar refractivity (Wildman–Crippen MR) is 248 cm³/mol. The zero-order chi connectivity index (χ0) is 37.9. The fraction of sp³-hybridized carbons (Fsp3) is 0.151. The van der Waals surface area contributed by atoms with Crippen molar-refractivity contribution in [3.05, 3.63) is 200 Å². The number of fused-ring (bicyclic) bond motifs is 11. The molecule has 5 heteroatoms. The van der Waals surface area contributed by atoms with E-state index in [1.807, 2.05) is 0 Å². The standard InChI is InChI=1S/C53H41IN4/c1-3-16-34(17-4-1)54-44-24-11-7-20-36(44)40-30-41-38-22-9-13-26-47(38)57(49(41)32-45(40)54)52-28-15-29-53(55-52)58-48-27-14-10-23-39(48)43-31-42-37-21-8-12-25-46(37)56(50(42)33-51(43)58)35-18-5-2-6-19-35/h1-8,10-21,23-29,31,33,40-41,45,49H,9,22,30,32H2. The van der Waals surface area contributed by atoms with Gasteiger partial charge in [-0.2, -0.15) is 0 Å². The predicted octanol–water partition coefficient (Wildman–Crippen LogP) is 13.2. The van der Waals surface area contributed by atoms with Crippen LogP contribution >= 0.6 is 19.8 Å². The molecule has 9 aromatic rings. The molecule has 5 heterocycles. The van der Waals surface area contributed by atoms with E-state index in [0.717, 1.165) is 24.5 Å². The van der Waals surface area contributed by atoms with Crippen LogP contribution in [0.4, 0.5) is 5.82 Å². The monoisotopic (exact) mass is 860 g/mol. The summed E-state index contributed by atoms with van der Waals surface area (Å²) in [7, 11) is 0. The van der Waals surface area contributed by atoms with Crippen LogP contribution in [0, 0.1) is 13.1 Å². The molecule has 58 heavy (non-hydrogen) atoms. The molecule has 0 N–H and O–H groups in total. The summed E-state index contributed by atoms with van der Waals surface area (Å²) in [4.78, 5) is 8.40. The summed E-state index contributed by atoms with van der Waals surface area (Å²) in [5.41, 5.74) is 10.7. The van der Waals surface area contributed by atoms with Gasteiger partial charge in [0.1, 0.15) is 0 Å². The first kappa shape index (κ1) is 33.1. The van der Waals surface area contributed by atoms with Crippen molar-refractivity contribution in [2.24, 2.45) is 5.92 Å². The van der Waals surface area contributed by atoms with E-state index in [9.17, 15) is 0 Å². The quantitative estimate of drug-likeness (QED) is 0.130. The first-order valence-corrected chi connectivity index (χ1v) is 24.2. The second-order valence-corrected chi connectivity index (χ2v) is 22.2. The third-order valence-electron chi connectivity index (χ3n) is 13.5. The molecule has 2 aliphatic heterocycles. The van der Waals surface area contributed by atoms with Crippen molar-refractivity contribution in [2.45, 2.75) is 41.6 Å². The summed E-state index contributed by atoms with van der Waals surface area (Å²) < 4.78 is 8.86. The van der Waals surface area contributed by atoms with Crippen LogP contribution in [0.15, 0.2) is 187 Å². The number of halogens is 1. The maximum atomic E-state index is 5.71. The third-order valence-corrected chi connectivity index (χ3v) is 20.8. The van der Waals surface area contributed by atoms with Crippen LogP contribution in [0.2, 0.25) is 0 Å². The molecule has 4 nitrogen and oxygen atoms in total. The number of allylic oxidation sites excluding steroid dienone is 2. The van der Waals surface area contributed by atoms with E-state index in [4.69, 9.17) is 4.98 Å². The molecular formula is C53H41IN4. The van der Waals surface area contributed by atoms with Crippen molar-refractivity contribution < 1.29 is 0 Å². The number of para-hydroxylation sites is 3. The molecule has 4 unspecified atom stereocenters. The Morgan fingerprint density at radius 3 is 2.02 bits per heavy atom. The topological polar surface area (TPSA) is 26.0 Å². The average molecular weight is 861 g/mol. The van der Waals surface area contributed by atoms with Gasteiger partial charge in [-0.3, -0.25) is 0 Å². The normalized spacial score (nSPS) is 21.6. The zero-order valence-electron chi connectivity index (χ0n) is 32.0. The van der Waals surface area contributed by atoms with Crippen molar-refractivity contribution in [1.82, 2.24) is 14.1 Å². The summed E-state index contributed by atoms with van der Waals surface area (Å²) in [5.74, 6) is 3.23. The van der Waals surface area contributed by atoms with Gasteiger partial charge in [0.25, 0.3) is 0 Å². The number of pyridine rings is 1. The molecule has 1 saturated carbocycles. The molecule has 280 valence electrons. The Morgan fingerprint density at radius 1 is 0.534 bits per heavy atom. The van der Waals surface area contributed by atoms with Crippen LogP contribution in [0.1, 0.15) is 37.2 Å². The number of hydrogen-bond acceptors (Lipinski definition) is 2. The summed E-state index contributed by atoms with van der Waals surface area (Å²) in [6.45, 7) is 0. The van der Waals surface area contributed by atoms with Crippen LogP contribution < -0.4 is 4.90 Å². The fourth-order valence-corrected chi connectivity index (χ4v) is 19.3. The number of hydrogen-bond donors (Lipinski definition) is 0. The van der Waals surface area contributed by atoms with Crippen LogP contribution in [0.25, 0.3) is 55.1 Å². The molecule has 2 aliphatic carbocycles. The Balaban J connectivity index is 0.980. The van der Waals surface area contributed by atoms with Gasteiger partial charge in [0.15, 0.2) is 0 Å². The summed E-state index contributed by atoms with van der Waals surface area (Å²) >= 11 is -1.69. The minimum absolute atomic E-state index is 0.411. The van der Waals surface area contributed by atoms with E-state index in [2.05, 4.69) is 190 Å². The van der Waals surface area contributed by atoms with E-state index < -0.39 is 19.8 Å². The molecule has 0 bridgehead atoms. The maximum absolute atomic E-state index is 5.71. The minimum atomic E-state index is -1.69. The molecule has 0 radical (unpaired) electrons.